The molecule has 0 radical (unpaired) electrons. The van der Waals surface area contributed by atoms with Gasteiger partial charge in [-0.15, -0.1) is 0 Å². The molecule has 96 valence electrons. The number of carbonyl (C=O) groups excluding carboxylic acids is 2. The summed E-state index contributed by atoms with van der Waals surface area (Å²) in [5.41, 5.74) is -0.482. The van der Waals surface area contributed by atoms with Gasteiger partial charge in [-0.1, -0.05) is 0 Å². The van der Waals surface area contributed by atoms with Gasteiger partial charge in [0, 0.05) is 0 Å². The monoisotopic (exact) mass is 256 g/mol. The Kier molecular flexibility index (Phi) is 3.05. The molecular weight excluding hydrogens is 247 g/mol. The topological polar surface area (TPSA) is 71.1 Å². The fraction of sp³-hybridized carbons (Fsp3) is 0.273. The molecular formula is C11H9FO6. The van der Waals surface area contributed by atoms with Crippen LogP contribution in [0.2, 0.25) is 0 Å². The first kappa shape index (κ1) is 12.2. The van der Waals surface area contributed by atoms with Gasteiger partial charge in [-0.3, -0.25) is 0 Å². The first-order chi connectivity index (χ1) is 8.60. The van der Waals surface area contributed by atoms with E-state index in [4.69, 9.17) is 9.47 Å². The fourth-order valence-corrected chi connectivity index (χ4v) is 1.60. The largest absolute Gasteiger partial charge is 0.465 e. The third-order valence-electron chi connectivity index (χ3n) is 2.39. The highest BCUT2D eigenvalue weighted by molar-refractivity contribution is 6.06. The molecule has 0 amide bonds. The minimum absolute atomic E-state index is 0.151. The van der Waals surface area contributed by atoms with Crippen molar-refractivity contribution in [3.05, 3.63) is 23.0 Å². The van der Waals surface area contributed by atoms with E-state index < -0.39 is 17.8 Å². The Morgan fingerprint density at radius 1 is 1.17 bits per heavy atom. The Hall–Kier alpha value is -2.31. The molecule has 1 aromatic rings. The lowest BCUT2D eigenvalue weighted by Crippen LogP contribution is -2.13. The maximum atomic E-state index is 13.6. The Morgan fingerprint density at radius 2 is 1.78 bits per heavy atom. The molecule has 0 aromatic heterocycles. The summed E-state index contributed by atoms with van der Waals surface area (Å²) in [4.78, 5) is 23.2. The molecule has 0 fully saturated rings. The van der Waals surface area contributed by atoms with E-state index in [0.717, 1.165) is 20.3 Å². The summed E-state index contributed by atoms with van der Waals surface area (Å²) in [5.74, 6) is -2.88. The third-order valence-corrected chi connectivity index (χ3v) is 2.39. The average Bonchev–Trinajstić information content (AvgIpc) is 2.86. The van der Waals surface area contributed by atoms with Gasteiger partial charge in [-0.25, -0.2) is 14.0 Å². The van der Waals surface area contributed by atoms with E-state index in [2.05, 4.69) is 9.47 Å². The molecule has 2 rings (SSSR count). The van der Waals surface area contributed by atoms with Crippen LogP contribution in [-0.2, 0) is 9.47 Å². The van der Waals surface area contributed by atoms with E-state index in [1.165, 1.54) is 0 Å². The zero-order valence-electron chi connectivity index (χ0n) is 9.61. The molecule has 1 aliphatic heterocycles. The minimum Gasteiger partial charge on any atom is -0.465 e. The van der Waals surface area contributed by atoms with Crippen LogP contribution >= 0.6 is 0 Å². The highest BCUT2D eigenvalue weighted by Gasteiger charge is 2.32. The van der Waals surface area contributed by atoms with Gasteiger partial charge in [0.05, 0.1) is 19.8 Å². The van der Waals surface area contributed by atoms with Crippen molar-refractivity contribution in [3.63, 3.8) is 0 Å². The van der Waals surface area contributed by atoms with Gasteiger partial charge in [-0.05, 0) is 6.07 Å². The quantitative estimate of drug-likeness (QED) is 0.738. The number of fused-ring (bicyclic) bond motifs is 1. The van der Waals surface area contributed by atoms with Gasteiger partial charge in [0.15, 0.2) is 11.6 Å². The maximum Gasteiger partial charge on any atom is 0.342 e. The van der Waals surface area contributed by atoms with E-state index in [-0.39, 0.29) is 29.4 Å². The Labute approximate surface area is 101 Å². The number of hydrogen-bond acceptors (Lipinski definition) is 6. The maximum absolute atomic E-state index is 13.6. The van der Waals surface area contributed by atoms with Crippen molar-refractivity contribution in [2.75, 3.05) is 21.0 Å². The van der Waals surface area contributed by atoms with Crippen LogP contribution in [0.15, 0.2) is 6.07 Å². The van der Waals surface area contributed by atoms with E-state index in [9.17, 15) is 14.0 Å². The normalized spacial score (nSPS) is 12.2. The van der Waals surface area contributed by atoms with E-state index >= 15 is 0 Å². The summed E-state index contributed by atoms with van der Waals surface area (Å²) in [6.07, 6.45) is 0. The molecule has 18 heavy (non-hydrogen) atoms. The van der Waals surface area contributed by atoms with Gasteiger partial charge in [0.2, 0.25) is 12.5 Å². The fourth-order valence-electron chi connectivity index (χ4n) is 1.60. The van der Waals surface area contributed by atoms with Crippen LogP contribution in [0.5, 0.6) is 11.5 Å². The Morgan fingerprint density at radius 3 is 2.39 bits per heavy atom. The van der Waals surface area contributed by atoms with Crippen molar-refractivity contribution in [3.8, 4) is 11.5 Å². The van der Waals surface area contributed by atoms with Crippen LogP contribution in [-0.4, -0.2) is 33.0 Å². The number of esters is 2. The molecule has 0 bridgehead atoms. The Balaban J connectivity index is 2.69. The molecule has 0 unspecified atom stereocenters. The van der Waals surface area contributed by atoms with Crippen molar-refractivity contribution in [1.82, 2.24) is 0 Å². The average molecular weight is 256 g/mol. The number of hydrogen-bond donors (Lipinski definition) is 0. The lowest BCUT2D eigenvalue weighted by atomic mass is 10.1. The van der Waals surface area contributed by atoms with Gasteiger partial charge in [-0.2, -0.15) is 0 Å². The number of carbonyl (C=O) groups is 2. The first-order valence-corrected chi connectivity index (χ1v) is 4.88. The highest BCUT2D eigenvalue weighted by Crippen LogP contribution is 2.40. The smallest absolute Gasteiger partial charge is 0.342 e. The second-order valence-electron chi connectivity index (χ2n) is 3.33. The van der Waals surface area contributed by atoms with Gasteiger partial charge < -0.3 is 18.9 Å². The summed E-state index contributed by atoms with van der Waals surface area (Å²) >= 11 is 0. The highest BCUT2D eigenvalue weighted by atomic mass is 19.1. The zero-order valence-corrected chi connectivity index (χ0v) is 9.61. The summed E-state index contributed by atoms with van der Waals surface area (Å²) in [5, 5.41) is 0. The second-order valence-corrected chi connectivity index (χ2v) is 3.33. The SMILES string of the molecule is COC(=O)c1cc(F)c2c(c1C(=O)OC)OCO2. The molecule has 1 aliphatic rings. The van der Waals surface area contributed by atoms with Crippen LogP contribution < -0.4 is 9.47 Å². The lowest BCUT2D eigenvalue weighted by molar-refractivity contribution is 0.0551. The number of methoxy groups -OCH3 is 2. The van der Waals surface area contributed by atoms with Crippen molar-refractivity contribution >= 4 is 11.9 Å². The summed E-state index contributed by atoms with van der Waals surface area (Å²) in [6, 6.07) is 0.853. The van der Waals surface area contributed by atoms with Crippen molar-refractivity contribution < 1.29 is 32.9 Å². The number of rotatable bonds is 2. The van der Waals surface area contributed by atoms with Crippen LogP contribution in [0.1, 0.15) is 20.7 Å². The molecule has 0 saturated heterocycles. The molecule has 1 heterocycles. The van der Waals surface area contributed by atoms with Crippen LogP contribution in [0.25, 0.3) is 0 Å². The standard InChI is InChI=1S/C11H9FO6/c1-15-10(13)5-3-6(12)8-9(18-4-17-8)7(5)11(14)16-2/h3H,4H2,1-2H3. The van der Waals surface area contributed by atoms with E-state index in [1.807, 2.05) is 0 Å². The van der Waals surface area contributed by atoms with Crippen molar-refractivity contribution in [1.29, 1.82) is 0 Å². The minimum atomic E-state index is -0.868. The number of ether oxygens (including phenoxy) is 4. The van der Waals surface area contributed by atoms with Crippen molar-refractivity contribution in [2.24, 2.45) is 0 Å². The van der Waals surface area contributed by atoms with E-state index in [1.54, 1.807) is 0 Å². The molecule has 0 atom stereocenters. The van der Waals surface area contributed by atoms with Gasteiger partial charge in [0.25, 0.3) is 0 Å². The van der Waals surface area contributed by atoms with Crippen LogP contribution in [0.3, 0.4) is 0 Å². The Bertz CT molecular complexity index is 525. The van der Waals surface area contributed by atoms with Gasteiger partial charge in [0.1, 0.15) is 5.56 Å². The molecule has 0 N–H and O–H groups in total. The van der Waals surface area contributed by atoms with Crippen LogP contribution in [0, 0.1) is 5.82 Å². The summed E-state index contributed by atoms with van der Waals surface area (Å²) in [7, 11) is 2.25. The molecule has 1 aromatic carbocycles. The summed E-state index contributed by atoms with van der Waals surface area (Å²) in [6.45, 7) is -0.235. The van der Waals surface area contributed by atoms with Crippen LogP contribution in [0.4, 0.5) is 4.39 Å². The summed E-state index contributed by atoms with van der Waals surface area (Å²) < 4.78 is 32.5. The second kappa shape index (κ2) is 4.52. The van der Waals surface area contributed by atoms with E-state index in [0.29, 0.717) is 0 Å². The number of halogens is 1. The zero-order chi connectivity index (χ0) is 13.3. The number of benzene rings is 1. The lowest BCUT2D eigenvalue weighted by Gasteiger charge is -2.09. The molecule has 0 saturated carbocycles. The van der Waals surface area contributed by atoms with Crippen molar-refractivity contribution in [2.45, 2.75) is 0 Å². The van der Waals surface area contributed by atoms with Gasteiger partial charge >= 0.3 is 11.9 Å². The molecule has 0 aliphatic carbocycles. The molecule has 6 nitrogen and oxygen atoms in total. The predicted octanol–water partition coefficient (Wildman–Crippen LogP) is 1.13. The molecule has 7 heteroatoms. The third kappa shape index (κ3) is 1.73. The first-order valence-electron chi connectivity index (χ1n) is 4.88. The molecule has 0 spiro atoms. The predicted molar refractivity (Wildman–Crippen MR) is 55.2 cm³/mol.